The second kappa shape index (κ2) is 7.20. The zero-order valence-electron chi connectivity index (χ0n) is 12.4. The standard InChI is InChI=1S/C16H14F3IO3/c1-11-10-13(22-2)8-9-14(11)20(12-6-4-3-5-7-12)23-15(21)16(17,18)19/h3-10H,1-2H3. The summed E-state index contributed by atoms with van der Waals surface area (Å²) in [4.78, 5) is 11.3. The Morgan fingerprint density at radius 2 is 1.74 bits per heavy atom. The van der Waals surface area contributed by atoms with E-state index in [2.05, 4.69) is 0 Å². The molecule has 0 saturated carbocycles. The van der Waals surface area contributed by atoms with Crippen molar-refractivity contribution in [1.29, 1.82) is 0 Å². The summed E-state index contributed by atoms with van der Waals surface area (Å²) in [5.41, 5.74) is 0.730. The van der Waals surface area contributed by atoms with Crippen molar-refractivity contribution in [2.75, 3.05) is 7.11 Å². The Kier molecular flexibility index (Phi) is 5.51. The third kappa shape index (κ3) is 4.37. The maximum atomic E-state index is 12.6. The molecule has 0 fully saturated rings. The van der Waals surface area contributed by atoms with Gasteiger partial charge >= 0.3 is 139 Å². The van der Waals surface area contributed by atoms with Crippen LogP contribution in [0, 0.1) is 14.1 Å². The molecule has 0 unspecified atom stereocenters. The number of alkyl halides is 3. The molecule has 0 aliphatic rings. The SMILES string of the molecule is COc1ccc(I(OC(=O)C(F)(F)F)c2ccccc2)c(C)c1. The molecule has 0 aromatic heterocycles. The van der Waals surface area contributed by atoms with Crippen LogP contribution in [0.4, 0.5) is 13.2 Å². The van der Waals surface area contributed by atoms with Crippen molar-refractivity contribution in [2.24, 2.45) is 0 Å². The Morgan fingerprint density at radius 1 is 1.09 bits per heavy atom. The van der Waals surface area contributed by atoms with E-state index in [1.165, 1.54) is 7.11 Å². The summed E-state index contributed by atoms with van der Waals surface area (Å²) < 4.78 is 49.0. The molecule has 2 aromatic rings. The van der Waals surface area contributed by atoms with Gasteiger partial charge in [0.15, 0.2) is 0 Å². The number of methoxy groups -OCH3 is 1. The normalized spacial score (nSPS) is 11.8. The van der Waals surface area contributed by atoms with Crippen LogP contribution in [0.5, 0.6) is 5.75 Å². The van der Waals surface area contributed by atoms with Gasteiger partial charge in [-0.25, -0.2) is 0 Å². The Bertz CT molecular complexity index is 687. The van der Waals surface area contributed by atoms with Crippen LogP contribution in [0.1, 0.15) is 5.56 Å². The van der Waals surface area contributed by atoms with E-state index in [0.29, 0.717) is 12.9 Å². The molecule has 0 bridgehead atoms. The average molecular weight is 438 g/mol. The van der Waals surface area contributed by atoms with Crippen LogP contribution in [0.3, 0.4) is 0 Å². The Balaban J connectivity index is 2.44. The fourth-order valence-electron chi connectivity index (χ4n) is 1.78. The number of carbonyl (C=O) groups excluding carboxylic acids is 1. The summed E-state index contributed by atoms with van der Waals surface area (Å²) in [6.45, 7) is 1.76. The molecule has 0 heterocycles. The van der Waals surface area contributed by atoms with Crippen LogP contribution >= 0.6 is 20.2 Å². The number of benzene rings is 2. The molecule has 0 spiro atoms. The molecular weight excluding hydrogens is 424 g/mol. The van der Waals surface area contributed by atoms with Crippen LogP contribution in [0.15, 0.2) is 48.5 Å². The van der Waals surface area contributed by atoms with Gasteiger partial charge in [0.1, 0.15) is 0 Å². The molecule has 7 heteroatoms. The van der Waals surface area contributed by atoms with E-state index in [1.807, 2.05) is 0 Å². The van der Waals surface area contributed by atoms with Crippen molar-refractivity contribution in [2.45, 2.75) is 13.1 Å². The number of aryl methyl sites for hydroxylation is 1. The van der Waals surface area contributed by atoms with Crippen LogP contribution in [0.2, 0.25) is 0 Å². The number of ether oxygens (including phenoxy) is 1. The quantitative estimate of drug-likeness (QED) is 0.657. The average Bonchev–Trinajstić information content (AvgIpc) is 2.52. The first-order valence-corrected chi connectivity index (χ1v) is 9.56. The Labute approximate surface area is 139 Å². The first-order valence-electron chi connectivity index (χ1n) is 6.52. The topological polar surface area (TPSA) is 35.5 Å². The number of hydrogen-bond acceptors (Lipinski definition) is 3. The van der Waals surface area contributed by atoms with E-state index < -0.39 is 32.4 Å². The molecule has 0 atom stereocenters. The molecule has 0 aliphatic heterocycles. The minimum absolute atomic E-state index is 0.595. The van der Waals surface area contributed by atoms with Crippen LogP contribution in [-0.4, -0.2) is 19.3 Å². The molecule has 3 nitrogen and oxygen atoms in total. The third-order valence-corrected chi connectivity index (χ3v) is 7.82. The van der Waals surface area contributed by atoms with E-state index >= 15 is 0 Å². The summed E-state index contributed by atoms with van der Waals surface area (Å²) >= 11 is -3.02. The van der Waals surface area contributed by atoms with Crippen molar-refractivity contribution in [3.8, 4) is 5.75 Å². The fourth-order valence-corrected chi connectivity index (χ4v) is 6.10. The predicted octanol–water partition coefficient (Wildman–Crippen LogP) is 4.57. The molecule has 0 amide bonds. The first kappa shape index (κ1) is 17.6. The molecule has 2 aromatic carbocycles. The van der Waals surface area contributed by atoms with Crippen molar-refractivity contribution in [1.82, 2.24) is 0 Å². The van der Waals surface area contributed by atoms with E-state index in [-0.39, 0.29) is 0 Å². The molecule has 0 saturated heterocycles. The van der Waals surface area contributed by atoms with Gasteiger partial charge in [-0.15, -0.1) is 0 Å². The minimum atomic E-state index is -5.01. The summed E-state index contributed by atoms with van der Waals surface area (Å²) in [7, 11) is 1.51. The van der Waals surface area contributed by atoms with Crippen molar-refractivity contribution < 1.29 is 25.8 Å². The zero-order chi connectivity index (χ0) is 17.0. The molecule has 0 aliphatic carbocycles. The number of carbonyl (C=O) groups is 1. The summed E-state index contributed by atoms with van der Waals surface area (Å²) in [6, 6.07) is 13.6. The predicted molar refractivity (Wildman–Crippen MR) is 87.7 cm³/mol. The number of halogens is 4. The van der Waals surface area contributed by atoms with E-state index in [1.54, 1.807) is 55.5 Å². The van der Waals surface area contributed by atoms with E-state index in [9.17, 15) is 18.0 Å². The third-order valence-electron chi connectivity index (χ3n) is 2.86. The summed E-state index contributed by atoms with van der Waals surface area (Å²) in [6.07, 6.45) is -5.01. The fraction of sp³-hybridized carbons (Fsp3) is 0.188. The number of hydrogen-bond donors (Lipinski definition) is 0. The van der Waals surface area contributed by atoms with Crippen LogP contribution in [0.25, 0.3) is 0 Å². The van der Waals surface area contributed by atoms with Gasteiger partial charge in [0.25, 0.3) is 0 Å². The van der Waals surface area contributed by atoms with E-state index in [4.69, 9.17) is 7.80 Å². The zero-order valence-corrected chi connectivity index (χ0v) is 14.5. The summed E-state index contributed by atoms with van der Waals surface area (Å²) in [5.74, 6) is -1.56. The second-order valence-electron chi connectivity index (χ2n) is 4.52. The maximum absolute atomic E-state index is 12.6. The van der Waals surface area contributed by atoms with Gasteiger partial charge in [-0.2, -0.15) is 0 Å². The van der Waals surface area contributed by atoms with Crippen LogP contribution in [-0.2, 0) is 7.86 Å². The van der Waals surface area contributed by atoms with Gasteiger partial charge < -0.3 is 0 Å². The van der Waals surface area contributed by atoms with Gasteiger partial charge in [0, 0.05) is 0 Å². The van der Waals surface area contributed by atoms with Gasteiger partial charge in [-0.05, 0) is 0 Å². The molecule has 23 heavy (non-hydrogen) atoms. The van der Waals surface area contributed by atoms with Gasteiger partial charge in [-0.1, -0.05) is 0 Å². The molecular formula is C16H14F3IO3. The van der Waals surface area contributed by atoms with Crippen molar-refractivity contribution in [3.63, 3.8) is 0 Å². The molecule has 0 N–H and O–H groups in total. The monoisotopic (exact) mass is 438 g/mol. The number of rotatable bonds is 4. The Hall–Kier alpha value is -1.77. The first-order chi connectivity index (χ1) is 10.8. The van der Waals surface area contributed by atoms with Crippen molar-refractivity contribution in [3.05, 3.63) is 61.2 Å². The molecule has 0 radical (unpaired) electrons. The molecule has 124 valence electrons. The van der Waals surface area contributed by atoms with Gasteiger partial charge in [-0.3, -0.25) is 0 Å². The Morgan fingerprint density at radius 3 is 2.26 bits per heavy atom. The van der Waals surface area contributed by atoms with Crippen molar-refractivity contribution >= 4 is 26.2 Å². The van der Waals surface area contributed by atoms with Crippen LogP contribution < -0.4 is 4.74 Å². The van der Waals surface area contributed by atoms with E-state index in [0.717, 1.165) is 5.56 Å². The van der Waals surface area contributed by atoms with Gasteiger partial charge in [0.2, 0.25) is 0 Å². The second-order valence-corrected chi connectivity index (χ2v) is 8.79. The summed E-state index contributed by atoms with van der Waals surface area (Å²) in [5, 5.41) is 0. The van der Waals surface area contributed by atoms with Gasteiger partial charge in [0.05, 0.1) is 0 Å². The molecule has 2 rings (SSSR count).